The number of methoxy groups -OCH3 is 1. The van der Waals surface area contributed by atoms with E-state index in [2.05, 4.69) is 5.32 Å². The lowest BCUT2D eigenvalue weighted by molar-refractivity contribution is -0.153. The van der Waals surface area contributed by atoms with Gasteiger partial charge in [0.2, 0.25) is 5.91 Å². The van der Waals surface area contributed by atoms with Gasteiger partial charge in [-0.1, -0.05) is 30.3 Å². The minimum atomic E-state index is -0.941. The van der Waals surface area contributed by atoms with Gasteiger partial charge in [-0.3, -0.25) is 9.59 Å². The summed E-state index contributed by atoms with van der Waals surface area (Å²) in [6, 6.07) is 9.45. The zero-order valence-corrected chi connectivity index (χ0v) is 12.6. The van der Waals surface area contributed by atoms with Gasteiger partial charge in [0, 0.05) is 20.3 Å². The van der Waals surface area contributed by atoms with Gasteiger partial charge in [-0.05, 0) is 25.3 Å². The molecule has 114 valence electrons. The van der Waals surface area contributed by atoms with Crippen molar-refractivity contribution in [2.24, 2.45) is 0 Å². The molecule has 21 heavy (non-hydrogen) atoms. The van der Waals surface area contributed by atoms with E-state index in [-0.39, 0.29) is 18.4 Å². The molecule has 0 bridgehead atoms. The Hall–Kier alpha value is -1.88. The van der Waals surface area contributed by atoms with Gasteiger partial charge in [-0.2, -0.15) is 0 Å². The fourth-order valence-electron chi connectivity index (χ4n) is 2.71. The first kappa shape index (κ1) is 15.5. The number of rotatable bonds is 6. The third-order valence-electron chi connectivity index (χ3n) is 4.00. The number of piperazine rings is 1. The van der Waals surface area contributed by atoms with Crippen molar-refractivity contribution in [2.75, 3.05) is 26.8 Å². The van der Waals surface area contributed by atoms with E-state index in [9.17, 15) is 9.59 Å². The molecule has 1 N–H and O–H groups in total. The number of amides is 2. The molecule has 2 amide bonds. The Morgan fingerprint density at radius 3 is 2.62 bits per heavy atom. The Bertz CT molecular complexity index is 504. The lowest BCUT2D eigenvalue weighted by Gasteiger charge is -2.43. The molecule has 1 aromatic carbocycles. The van der Waals surface area contributed by atoms with E-state index < -0.39 is 5.54 Å². The summed E-state index contributed by atoms with van der Waals surface area (Å²) in [7, 11) is 1.66. The van der Waals surface area contributed by atoms with Gasteiger partial charge in [0.15, 0.2) is 0 Å². The first-order valence-electron chi connectivity index (χ1n) is 7.24. The number of hydrogen-bond acceptors (Lipinski definition) is 3. The Balaban J connectivity index is 2.24. The van der Waals surface area contributed by atoms with Crippen LogP contribution in [0.15, 0.2) is 30.3 Å². The van der Waals surface area contributed by atoms with E-state index in [1.165, 1.54) is 0 Å². The maximum absolute atomic E-state index is 12.4. The van der Waals surface area contributed by atoms with E-state index >= 15 is 0 Å². The Morgan fingerprint density at radius 2 is 1.95 bits per heavy atom. The minimum absolute atomic E-state index is 0.0432. The van der Waals surface area contributed by atoms with Crippen LogP contribution in [0.5, 0.6) is 0 Å². The highest BCUT2D eigenvalue weighted by Gasteiger charge is 2.46. The fraction of sp³-hybridized carbons (Fsp3) is 0.500. The summed E-state index contributed by atoms with van der Waals surface area (Å²) >= 11 is 0. The number of nitrogens with one attached hydrogen (secondary N) is 1. The number of unbranched alkanes of at least 4 members (excludes halogenated alkanes) is 1. The highest BCUT2D eigenvalue weighted by molar-refractivity contribution is 5.98. The van der Waals surface area contributed by atoms with E-state index in [1.807, 2.05) is 37.3 Å². The van der Waals surface area contributed by atoms with Crippen molar-refractivity contribution in [3.05, 3.63) is 35.9 Å². The average molecular weight is 290 g/mol. The molecule has 5 heteroatoms. The molecule has 5 nitrogen and oxygen atoms in total. The van der Waals surface area contributed by atoms with Gasteiger partial charge in [0.25, 0.3) is 5.91 Å². The molecule has 0 radical (unpaired) electrons. The molecule has 1 aromatic rings. The van der Waals surface area contributed by atoms with Crippen molar-refractivity contribution in [3.8, 4) is 0 Å². The van der Waals surface area contributed by atoms with Crippen LogP contribution in [-0.2, 0) is 19.9 Å². The highest BCUT2D eigenvalue weighted by atomic mass is 16.5. The molecule has 2 rings (SSSR count). The van der Waals surface area contributed by atoms with Gasteiger partial charge >= 0.3 is 0 Å². The molecule has 1 atom stereocenters. The number of nitrogens with zero attached hydrogens (tertiary/aromatic N) is 1. The molecule has 0 saturated carbocycles. The summed E-state index contributed by atoms with van der Waals surface area (Å²) in [5.41, 5.74) is -0.105. The minimum Gasteiger partial charge on any atom is -0.385 e. The molecule has 0 spiro atoms. The average Bonchev–Trinajstić information content (AvgIpc) is 2.51. The number of carbonyl (C=O) groups is 2. The predicted molar refractivity (Wildman–Crippen MR) is 79.6 cm³/mol. The van der Waals surface area contributed by atoms with Crippen LogP contribution in [0, 0.1) is 0 Å². The standard InChI is InChI=1S/C16H22N2O3/c1-16(13-8-4-3-5-9-13)15(20)17-12-14(19)18(16)10-6-7-11-21-2/h3-5,8-9H,6-7,10-12H2,1-2H3,(H,17,20). The summed E-state index contributed by atoms with van der Waals surface area (Å²) in [6.45, 7) is 3.11. The third-order valence-corrected chi connectivity index (χ3v) is 4.00. The van der Waals surface area contributed by atoms with Crippen molar-refractivity contribution in [1.29, 1.82) is 0 Å². The van der Waals surface area contributed by atoms with Crippen LogP contribution in [0.2, 0.25) is 0 Å². The largest absolute Gasteiger partial charge is 0.385 e. The molecule has 1 aliphatic rings. The van der Waals surface area contributed by atoms with Crippen molar-refractivity contribution >= 4 is 11.8 Å². The lowest BCUT2D eigenvalue weighted by Crippen LogP contribution is -2.63. The van der Waals surface area contributed by atoms with Gasteiger partial charge in [0.05, 0.1) is 6.54 Å². The van der Waals surface area contributed by atoms with Gasteiger partial charge < -0.3 is 15.0 Å². The summed E-state index contributed by atoms with van der Waals surface area (Å²) in [5, 5.41) is 2.70. The molecule has 1 unspecified atom stereocenters. The predicted octanol–water partition coefficient (Wildman–Crippen LogP) is 1.29. The van der Waals surface area contributed by atoms with Crippen LogP contribution in [0.1, 0.15) is 25.3 Å². The third kappa shape index (κ3) is 3.08. The Kier molecular flexibility index (Phi) is 4.96. The van der Waals surface area contributed by atoms with Gasteiger partial charge in [-0.15, -0.1) is 0 Å². The fourth-order valence-corrected chi connectivity index (χ4v) is 2.71. The molecular weight excluding hydrogens is 268 g/mol. The summed E-state index contributed by atoms with van der Waals surface area (Å²) in [6.07, 6.45) is 1.68. The maximum Gasteiger partial charge on any atom is 0.250 e. The molecule has 0 aliphatic carbocycles. The lowest BCUT2D eigenvalue weighted by atomic mass is 9.87. The second kappa shape index (κ2) is 6.72. The molecule has 1 fully saturated rings. The molecular formula is C16H22N2O3. The van der Waals surface area contributed by atoms with Crippen LogP contribution in [0.25, 0.3) is 0 Å². The monoisotopic (exact) mass is 290 g/mol. The smallest absolute Gasteiger partial charge is 0.250 e. The number of hydrogen-bond donors (Lipinski definition) is 1. The van der Waals surface area contributed by atoms with Crippen LogP contribution in [0.3, 0.4) is 0 Å². The van der Waals surface area contributed by atoms with Crippen molar-refractivity contribution in [2.45, 2.75) is 25.3 Å². The van der Waals surface area contributed by atoms with E-state index in [1.54, 1.807) is 12.0 Å². The zero-order chi connectivity index (χ0) is 15.3. The van der Waals surface area contributed by atoms with Gasteiger partial charge in [0.1, 0.15) is 5.54 Å². The van der Waals surface area contributed by atoms with E-state index in [0.29, 0.717) is 13.2 Å². The number of carbonyl (C=O) groups excluding carboxylic acids is 2. The Labute approximate surface area is 125 Å². The van der Waals surface area contributed by atoms with Crippen molar-refractivity contribution in [3.63, 3.8) is 0 Å². The van der Waals surface area contributed by atoms with Crippen LogP contribution >= 0.6 is 0 Å². The first-order chi connectivity index (χ1) is 10.1. The first-order valence-corrected chi connectivity index (χ1v) is 7.24. The second-order valence-corrected chi connectivity index (χ2v) is 5.37. The molecule has 0 aromatic heterocycles. The molecule has 1 heterocycles. The van der Waals surface area contributed by atoms with Crippen molar-refractivity contribution in [1.82, 2.24) is 10.2 Å². The number of ether oxygens (including phenoxy) is 1. The SMILES string of the molecule is COCCCCN1C(=O)CNC(=O)C1(C)c1ccccc1. The zero-order valence-electron chi connectivity index (χ0n) is 12.6. The van der Waals surface area contributed by atoms with Crippen LogP contribution < -0.4 is 5.32 Å². The second-order valence-electron chi connectivity index (χ2n) is 5.37. The van der Waals surface area contributed by atoms with Crippen molar-refractivity contribution < 1.29 is 14.3 Å². The van der Waals surface area contributed by atoms with E-state index in [0.717, 1.165) is 18.4 Å². The Morgan fingerprint density at radius 1 is 1.24 bits per heavy atom. The van der Waals surface area contributed by atoms with Crippen LogP contribution in [0.4, 0.5) is 0 Å². The van der Waals surface area contributed by atoms with E-state index in [4.69, 9.17) is 4.74 Å². The molecule has 1 aliphatic heterocycles. The highest BCUT2D eigenvalue weighted by Crippen LogP contribution is 2.31. The quantitative estimate of drug-likeness (QED) is 0.803. The summed E-state index contributed by atoms with van der Waals surface area (Å²) in [5.74, 6) is -0.168. The summed E-state index contributed by atoms with van der Waals surface area (Å²) in [4.78, 5) is 26.4. The van der Waals surface area contributed by atoms with Crippen LogP contribution in [-0.4, -0.2) is 43.5 Å². The normalized spacial score (nSPS) is 22.3. The van der Waals surface area contributed by atoms with Gasteiger partial charge in [-0.25, -0.2) is 0 Å². The topological polar surface area (TPSA) is 58.6 Å². The molecule has 1 saturated heterocycles. The number of benzene rings is 1. The summed E-state index contributed by atoms with van der Waals surface area (Å²) < 4.78 is 5.03. The maximum atomic E-state index is 12.4.